The van der Waals surface area contributed by atoms with Crippen LogP contribution in [0.4, 0.5) is 0 Å². The van der Waals surface area contributed by atoms with E-state index >= 15 is 0 Å². The number of carbonyl (C=O) groups is 1. The molecule has 0 fully saturated rings. The van der Waals surface area contributed by atoms with E-state index < -0.39 is 5.97 Å². The van der Waals surface area contributed by atoms with E-state index in [9.17, 15) is 4.79 Å². The highest BCUT2D eigenvalue weighted by Crippen LogP contribution is 2.28. The van der Waals surface area contributed by atoms with Gasteiger partial charge in [-0.3, -0.25) is 0 Å². The van der Waals surface area contributed by atoms with Crippen LogP contribution in [0.3, 0.4) is 0 Å². The summed E-state index contributed by atoms with van der Waals surface area (Å²) in [6.07, 6.45) is 6.34. The number of methoxy groups -OCH3 is 1. The van der Waals surface area contributed by atoms with Crippen LogP contribution in [0.25, 0.3) is 6.08 Å². The summed E-state index contributed by atoms with van der Waals surface area (Å²) in [5.74, 6) is 0.238. The van der Waals surface area contributed by atoms with Gasteiger partial charge in [-0.15, -0.1) is 0 Å². The van der Waals surface area contributed by atoms with Crippen LogP contribution < -0.4 is 9.47 Å². The van der Waals surface area contributed by atoms with Crippen molar-refractivity contribution in [3.8, 4) is 11.5 Å². The van der Waals surface area contributed by atoms with E-state index in [0.717, 1.165) is 37.3 Å². The average molecular weight is 294 g/mol. The van der Waals surface area contributed by atoms with Gasteiger partial charge in [0.05, 0.1) is 13.7 Å². The Morgan fingerprint density at radius 2 is 1.95 bits per heavy atom. The summed E-state index contributed by atoms with van der Waals surface area (Å²) in [6, 6.07) is 5.29. The molecule has 0 saturated carbocycles. The van der Waals surface area contributed by atoms with Crippen LogP contribution in [0.2, 0.25) is 0 Å². The Hall–Kier alpha value is -2.01. The molecule has 0 aliphatic heterocycles. The number of unbranched alkanes of at least 4 members (excludes halogenated alkanes) is 3. The Balaban J connectivity index is 2.52. The SMILES string of the molecule is COc1cc(/C=C/C(=O)O)ccc1OCCCCCCO. The zero-order valence-corrected chi connectivity index (χ0v) is 12.2. The van der Waals surface area contributed by atoms with Crippen molar-refractivity contribution in [2.24, 2.45) is 0 Å². The lowest BCUT2D eigenvalue weighted by molar-refractivity contribution is -0.131. The third-order valence-electron chi connectivity index (χ3n) is 2.92. The normalized spacial score (nSPS) is 10.8. The summed E-state index contributed by atoms with van der Waals surface area (Å²) in [4.78, 5) is 10.5. The minimum Gasteiger partial charge on any atom is -0.493 e. The Morgan fingerprint density at radius 1 is 1.19 bits per heavy atom. The first-order valence-electron chi connectivity index (χ1n) is 7.00. The zero-order chi connectivity index (χ0) is 15.5. The number of aliphatic carboxylic acids is 1. The van der Waals surface area contributed by atoms with Gasteiger partial charge in [-0.1, -0.05) is 12.5 Å². The van der Waals surface area contributed by atoms with Crippen LogP contribution in [-0.4, -0.2) is 36.5 Å². The van der Waals surface area contributed by atoms with Gasteiger partial charge < -0.3 is 19.7 Å². The maximum absolute atomic E-state index is 10.5. The molecule has 0 aliphatic carbocycles. The number of hydrogen-bond acceptors (Lipinski definition) is 4. The first-order valence-corrected chi connectivity index (χ1v) is 7.00. The lowest BCUT2D eigenvalue weighted by atomic mass is 10.2. The largest absolute Gasteiger partial charge is 0.493 e. The molecule has 0 heterocycles. The van der Waals surface area contributed by atoms with Gasteiger partial charge in [0, 0.05) is 12.7 Å². The number of carboxylic acid groups (broad SMARTS) is 1. The molecule has 0 atom stereocenters. The lowest BCUT2D eigenvalue weighted by Gasteiger charge is -2.11. The van der Waals surface area contributed by atoms with Crippen LogP contribution in [0.15, 0.2) is 24.3 Å². The van der Waals surface area contributed by atoms with Crippen LogP contribution in [0.5, 0.6) is 11.5 Å². The molecule has 116 valence electrons. The number of rotatable bonds is 10. The number of hydrogen-bond donors (Lipinski definition) is 2. The predicted octanol–water partition coefficient (Wildman–Crippen LogP) is 2.72. The Morgan fingerprint density at radius 3 is 2.62 bits per heavy atom. The van der Waals surface area contributed by atoms with Crippen molar-refractivity contribution in [1.29, 1.82) is 0 Å². The molecule has 0 bridgehead atoms. The number of aliphatic hydroxyl groups is 1. The third kappa shape index (κ3) is 6.81. The summed E-state index contributed by atoms with van der Waals surface area (Å²) in [6.45, 7) is 0.825. The molecule has 5 heteroatoms. The molecule has 0 spiro atoms. The van der Waals surface area contributed by atoms with E-state index in [-0.39, 0.29) is 6.61 Å². The standard InChI is InChI=1S/C16H22O5/c1-20-15-12-13(7-9-16(18)19)6-8-14(15)21-11-5-3-2-4-10-17/h6-9,12,17H,2-5,10-11H2,1H3,(H,18,19)/b9-7+. The summed E-state index contributed by atoms with van der Waals surface area (Å²) in [5.41, 5.74) is 0.740. The highest BCUT2D eigenvalue weighted by molar-refractivity contribution is 5.85. The second-order valence-electron chi connectivity index (χ2n) is 4.57. The fraction of sp³-hybridized carbons (Fsp3) is 0.438. The zero-order valence-electron chi connectivity index (χ0n) is 12.2. The van der Waals surface area contributed by atoms with Crippen molar-refractivity contribution in [3.63, 3.8) is 0 Å². The van der Waals surface area contributed by atoms with E-state index in [1.54, 1.807) is 25.3 Å². The van der Waals surface area contributed by atoms with Gasteiger partial charge in [0.2, 0.25) is 0 Å². The maximum Gasteiger partial charge on any atom is 0.328 e. The fourth-order valence-corrected chi connectivity index (χ4v) is 1.82. The van der Waals surface area contributed by atoms with Gasteiger partial charge in [0.25, 0.3) is 0 Å². The summed E-state index contributed by atoms with van der Waals surface area (Å²) in [7, 11) is 1.55. The first-order chi connectivity index (χ1) is 10.2. The minimum absolute atomic E-state index is 0.236. The van der Waals surface area contributed by atoms with Crippen molar-refractivity contribution in [3.05, 3.63) is 29.8 Å². The smallest absolute Gasteiger partial charge is 0.328 e. The van der Waals surface area contributed by atoms with E-state index in [2.05, 4.69) is 0 Å². The summed E-state index contributed by atoms with van der Waals surface area (Å²) >= 11 is 0. The van der Waals surface area contributed by atoms with Crippen molar-refractivity contribution < 1.29 is 24.5 Å². The van der Waals surface area contributed by atoms with Crippen molar-refractivity contribution in [1.82, 2.24) is 0 Å². The lowest BCUT2D eigenvalue weighted by Crippen LogP contribution is -2.00. The van der Waals surface area contributed by atoms with E-state index in [4.69, 9.17) is 19.7 Å². The maximum atomic E-state index is 10.5. The highest BCUT2D eigenvalue weighted by Gasteiger charge is 2.05. The molecule has 1 rings (SSSR count). The second kappa shape index (κ2) is 9.83. The summed E-state index contributed by atoms with van der Waals surface area (Å²) < 4.78 is 10.9. The molecule has 0 radical (unpaired) electrons. The minimum atomic E-state index is -0.989. The number of aliphatic hydroxyl groups excluding tert-OH is 1. The molecule has 2 N–H and O–H groups in total. The van der Waals surface area contributed by atoms with Gasteiger partial charge in [0.1, 0.15) is 0 Å². The third-order valence-corrected chi connectivity index (χ3v) is 2.92. The quantitative estimate of drug-likeness (QED) is 0.512. The van der Waals surface area contributed by atoms with Gasteiger partial charge in [-0.05, 0) is 43.0 Å². The molecule has 5 nitrogen and oxygen atoms in total. The molecule has 0 aromatic heterocycles. The van der Waals surface area contributed by atoms with Gasteiger partial charge in [-0.2, -0.15) is 0 Å². The second-order valence-corrected chi connectivity index (χ2v) is 4.57. The molecule has 1 aromatic carbocycles. The molecular formula is C16H22O5. The van der Waals surface area contributed by atoms with Crippen molar-refractivity contribution >= 4 is 12.0 Å². The molecule has 0 aliphatic rings. The highest BCUT2D eigenvalue weighted by atomic mass is 16.5. The number of ether oxygens (including phenoxy) is 2. The van der Waals surface area contributed by atoms with Crippen LogP contribution in [0.1, 0.15) is 31.2 Å². The van der Waals surface area contributed by atoms with E-state index in [1.165, 1.54) is 6.08 Å². The topological polar surface area (TPSA) is 76.0 Å². The first kappa shape index (κ1) is 17.0. The Bertz CT molecular complexity index is 468. The monoisotopic (exact) mass is 294 g/mol. The Labute approximate surface area is 124 Å². The van der Waals surface area contributed by atoms with Gasteiger partial charge in [0.15, 0.2) is 11.5 Å². The molecule has 0 amide bonds. The molecule has 0 saturated heterocycles. The van der Waals surface area contributed by atoms with Crippen LogP contribution in [-0.2, 0) is 4.79 Å². The van der Waals surface area contributed by atoms with Crippen LogP contribution in [0, 0.1) is 0 Å². The van der Waals surface area contributed by atoms with Crippen molar-refractivity contribution in [2.45, 2.75) is 25.7 Å². The van der Waals surface area contributed by atoms with Gasteiger partial charge >= 0.3 is 5.97 Å². The fourth-order valence-electron chi connectivity index (χ4n) is 1.82. The number of benzene rings is 1. The molecular weight excluding hydrogens is 272 g/mol. The summed E-state index contributed by atoms with van der Waals surface area (Å²) in [5, 5.41) is 17.3. The number of carboxylic acids is 1. The molecule has 21 heavy (non-hydrogen) atoms. The predicted molar refractivity (Wildman–Crippen MR) is 80.7 cm³/mol. The molecule has 0 unspecified atom stereocenters. The molecule has 1 aromatic rings. The van der Waals surface area contributed by atoms with Gasteiger partial charge in [-0.25, -0.2) is 4.79 Å². The van der Waals surface area contributed by atoms with Crippen LogP contribution >= 0.6 is 0 Å². The van der Waals surface area contributed by atoms with Crippen molar-refractivity contribution in [2.75, 3.05) is 20.3 Å². The average Bonchev–Trinajstić information content (AvgIpc) is 2.49. The van der Waals surface area contributed by atoms with E-state index in [0.29, 0.717) is 18.1 Å². The Kier molecular flexibility index (Phi) is 7.97. The van der Waals surface area contributed by atoms with E-state index in [1.807, 2.05) is 0 Å².